The highest BCUT2D eigenvalue weighted by Gasteiger charge is 2.26. The number of hydrogen-bond acceptors (Lipinski definition) is 4. The lowest BCUT2D eigenvalue weighted by atomic mass is 10.1. The van der Waals surface area contributed by atoms with Gasteiger partial charge in [0.1, 0.15) is 11.3 Å². The molecule has 19 heavy (non-hydrogen) atoms. The van der Waals surface area contributed by atoms with E-state index in [2.05, 4.69) is 10.6 Å². The summed E-state index contributed by atoms with van der Waals surface area (Å²) in [7, 11) is 0. The fraction of sp³-hybridized carbons (Fsp3) is 0.462. The van der Waals surface area contributed by atoms with E-state index in [1.807, 2.05) is 27.7 Å². The molecule has 1 rings (SSSR count). The minimum atomic E-state index is -0.532. The van der Waals surface area contributed by atoms with Crippen molar-refractivity contribution in [1.29, 1.82) is 0 Å². The summed E-state index contributed by atoms with van der Waals surface area (Å²) in [5.41, 5.74) is -0.211. The molecule has 0 aliphatic rings. The Kier molecular flexibility index (Phi) is 4.47. The van der Waals surface area contributed by atoms with Crippen LogP contribution in [0.25, 0.3) is 0 Å². The van der Waals surface area contributed by atoms with Crippen molar-refractivity contribution in [1.82, 2.24) is 5.32 Å². The van der Waals surface area contributed by atoms with Gasteiger partial charge in [0.2, 0.25) is 0 Å². The molecule has 0 saturated heterocycles. The first kappa shape index (κ1) is 14.9. The van der Waals surface area contributed by atoms with E-state index in [0.29, 0.717) is 12.2 Å². The van der Waals surface area contributed by atoms with E-state index >= 15 is 0 Å². The van der Waals surface area contributed by atoms with Crippen LogP contribution in [0, 0.1) is 10.1 Å². The number of rotatable bonds is 4. The van der Waals surface area contributed by atoms with E-state index in [9.17, 15) is 14.9 Å². The average molecular weight is 265 g/mol. The van der Waals surface area contributed by atoms with Gasteiger partial charge in [-0.25, -0.2) is 0 Å². The number of amides is 1. The van der Waals surface area contributed by atoms with Crippen LogP contribution in [-0.2, 0) is 0 Å². The molecule has 0 bridgehead atoms. The predicted octanol–water partition coefficient (Wildman–Crippen LogP) is 2.55. The lowest BCUT2D eigenvalue weighted by Gasteiger charge is -2.20. The van der Waals surface area contributed by atoms with Crippen molar-refractivity contribution in [3.63, 3.8) is 0 Å². The molecule has 0 aliphatic heterocycles. The Balaban J connectivity index is 3.23. The molecule has 6 nitrogen and oxygen atoms in total. The predicted molar refractivity (Wildman–Crippen MR) is 74.5 cm³/mol. The van der Waals surface area contributed by atoms with Crippen molar-refractivity contribution in [2.75, 3.05) is 11.9 Å². The van der Waals surface area contributed by atoms with Gasteiger partial charge < -0.3 is 10.6 Å². The number of nitrogens with zero attached hydrogens (tertiary/aromatic N) is 1. The van der Waals surface area contributed by atoms with Gasteiger partial charge >= 0.3 is 5.69 Å². The maximum Gasteiger partial charge on any atom is 0.305 e. The minimum absolute atomic E-state index is 0.0679. The molecule has 0 saturated carbocycles. The lowest BCUT2D eigenvalue weighted by Crippen LogP contribution is -2.40. The van der Waals surface area contributed by atoms with Crippen LogP contribution in [0.4, 0.5) is 11.4 Å². The van der Waals surface area contributed by atoms with Crippen LogP contribution >= 0.6 is 0 Å². The van der Waals surface area contributed by atoms with Gasteiger partial charge in [0.05, 0.1) is 4.92 Å². The van der Waals surface area contributed by atoms with Gasteiger partial charge in [0.25, 0.3) is 5.91 Å². The van der Waals surface area contributed by atoms with Gasteiger partial charge in [0, 0.05) is 12.1 Å². The maximum atomic E-state index is 12.1. The SMILES string of the molecule is CCNc1cccc(C(=O)NC(C)(C)C)c1[N+](=O)[O-]. The highest BCUT2D eigenvalue weighted by molar-refractivity contribution is 6.00. The topological polar surface area (TPSA) is 84.3 Å². The summed E-state index contributed by atoms with van der Waals surface area (Å²) < 4.78 is 0. The number of hydrogen-bond donors (Lipinski definition) is 2. The third-order valence-corrected chi connectivity index (χ3v) is 2.32. The summed E-state index contributed by atoms with van der Waals surface area (Å²) in [6.45, 7) is 7.86. The molecule has 0 atom stereocenters. The molecule has 0 aromatic heterocycles. The Morgan fingerprint density at radius 2 is 2.00 bits per heavy atom. The number of nitro groups is 1. The molecular weight excluding hydrogens is 246 g/mol. The van der Waals surface area contributed by atoms with E-state index < -0.39 is 16.4 Å². The number of para-hydroxylation sites is 1. The summed E-state index contributed by atoms with van der Waals surface area (Å²) in [5.74, 6) is -0.445. The summed E-state index contributed by atoms with van der Waals surface area (Å²) >= 11 is 0. The van der Waals surface area contributed by atoms with Crippen LogP contribution in [-0.4, -0.2) is 22.9 Å². The number of nitrogens with one attached hydrogen (secondary N) is 2. The lowest BCUT2D eigenvalue weighted by molar-refractivity contribution is -0.384. The molecular formula is C13H19N3O3. The first-order valence-electron chi connectivity index (χ1n) is 6.10. The smallest absolute Gasteiger partial charge is 0.305 e. The fourth-order valence-electron chi connectivity index (χ4n) is 1.66. The van der Waals surface area contributed by atoms with Crippen molar-refractivity contribution in [2.24, 2.45) is 0 Å². The normalized spacial score (nSPS) is 10.9. The van der Waals surface area contributed by atoms with Gasteiger partial charge in [-0.05, 0) is 39.8 Å². The molecule has 1 aromatic carbocycles. The molecule has 0 fully saturated rings. The first-order valence-corrected chi connectivity index (χ1v) is 6.10. The van der Waals surface area contributed by atoms with Crippen molar-refractivity contribution >= 4 is 17.3 Å². The van der Waals surface area contributed by atoms with Crippen molar-refractivity contribution in [2.45, 2.75) is 33.2 Å². The van der Waals surface area contributed by atoms with E-state index in [4.69, 9.17) is 0 Å². The van der Waals surface area contributed by atoms with Crippen molar-refractivity contribution in [3.8, 4) is 0 Å². The second kappa shape index (κ2) is 5.69. The molecule has 6 heteroatoms. The summed E-state index contributed by atoms with van der Waals surface area (Å²) in [5, 5.41) is 16.8. The van der Waals surface area contributed by atoms with Crippen molar-refractivity contribution < 1.29 is 9.72 Å². The molecule has 1 aromatic rings. The van der Waals surface area contributed by atoms with Crippen LogP contribution in [0.15, 0.2) is 18.2 Å². The Morgan fingerprint density at radius 3 is 2.47 bits per heavy atom. The Hall–Kier alpha value is -2.11. The molecule has 0 unspecified atom stereocenters. The van der Waals surface area contributed by atoms with Gasteiger partial charge in [-0.1, -0.05) is 6.07 Å². The highest BCUT2D eigenvalue weighted by Crippen LogP contribution is 2.28. The van der Waals surface area contributed by atoms with Crippen LogP contribution in [0.5, 0.6) is 0 Å². The number of benzene rings is 1. The average Bonchev–Trinajstić information content (AvgIpc) is 2.26. The Labute approximate surface area is 112 Å². The number of anilines is 1. The van der Waals surface area contributed by atoms with Gasteiger partial charge in [0.15, 0.2) is 0 Å². The highest BCUT2D eigenvalue weighted by atomic mass is 16.6. The van der Waals surface area contributed by atoms with Gasteiger partial charge in [-0.2, -0.15) is 0 Å². The molecule has 0 spiro atoms. The maximum absolute atomic E-state index is 12.1. The zero-order valence-electron chi connectivity index (χ0n) is 11.6. The van der Waals surface area contributed by atoms with Gasteiger partial charge in [-0.15, -0.1) is 0 Å². The van der Waals surface area contributed by atoms with E-state index in [1.165, 1.54) is 6.07 Å². The Morgan fingerprint density at radius 1 is 1.37 bits per heavy atom. The van der Waals surface area contributed by atoms with E-state index in [0.717, 1.165) is 0 Å². The molecule has 2 N–H and O–H groups in total. The van der Waals surface area contributed by atoms with Crippen LogP contribution in [0.2, 0.25) is 0 Å². The van der Waals surface area contributed by atoms with E-state index in [1.54, 1.807) is 12.1 Å². The first-order chi connectivity index (χ1) is 8.76. The third kappa shape index (κ3) is 3.94. The molecule has 0 heterocycles. The Bertz CT molecular complexity index is 492. The van der Waals surface area contributed by atoms with Gasteiger partial charge in [-0.3, -0.25) is 14.9 Å². The van der Waals surface area contributed by atoms with E-state index in [-0.39, 0.29) is 11.3 Å². The van der Waals surface area contributed by atoms with Crippen LogP contribution in [0.1, 0.15) is 38.1 Å². The second-order valence-electron chi connectivity index (χ2n) is 5.19. The number of nitro benzene ring substituents is 1. The molecule has 104 valence electrons. The summed E-state index contributed by atoms with van der Waals surface area (Å²) in [6.07, 6.45) is 0. The zero-order chi connectivity index (χ0) is 14.6. The second-order valence-corrected chi connectivity index (χ2v) is 5.19. The number of carbonyl (C=O) groups excluding carboxylic acids is 1. The summed E-state index contributed by atoms with van der Waals surface area (Å²) in [6, 6.07) is 4.68. The largest absolute Gasteiger partial charge is 0.380 e. The zero-order valence-corrected chi connectivity index (χ0v) is 11.6. The fourth-order valence-corrected chi connectivity index (χ4v) is 1.66. The summed E-state index contributed by atoms with van der Waals surface area (Å²) in [4.78, 5) is 22.7. The van der Waals surface area contributed by atoms with Crippen LogP contribution in [0.3, 0.4) is 0 Å². The van der Waals surface area contributed by atoms with Crippen LogP contribution < -0.4 is 10.6 Å². The third-order valence-electron chi connectivity index (χ3n) is 2.32. The van der Waals surface area contributed by atoms with Crippen molar-refractivity contribution in [3.05, 3.63) is 33.9 Å². The monoisotopic (exact) mass is 265 g/mol. The quantitative estimate of drug-likeness (QED) is 0.647. The number of carbonyl (C=O) groups is 1. The molecule has 0 aliphatic carbocycles. The minimum Gasteiger partial charge on any atom is -0.380 e. The molecule has 1 amide bonds. The standard InChI is InChI=1S/C13H19N3O3/c1-5-14-10-8-6-7-9(11(10)16(18)19)12(17)15-13(2,3)4/h6-8,14H,5H2,1-4H3,(H,15,17). The molecule has 0 radical (unpaired) electrons.